The molecule has 2 aromatic rings. The van der Waals surface area contributed by atoms with E-state index in [0.29, 0.717) is 17.9 Å². The van der Waals surface area contributed by atoms with Gasteiger partial charge in [0.25, 0.3) is 0 Å². The Kier molecular flexibility index (Phi) is 10.4. The van der Waals surface area contributed by atoms with Gasteiger partial charge in [-0.3, -0.25) is 0 Å². The summed E-state index contributed by atoms with van der Waals surface area (Å²) < 4.78 is 30.6. The van der Waals surface area contributed by atoms with Gasteiger partial charge in [0.1, 0.15) is 23.8 Å². The second-order valence-electron chi connectivity index (χ2n) is 17.1. The number of nitrogen functional groups attached to an aromatic ring is 1. The molecule has 2 aromatic heterocycles. The highest BCUT2D eigenvalue weighted by Crippen LogP contribution is 2.47. The summed E-state index contributed by atoms with van der Waals surface area (Å²) in [4.78, 5) is 9.35. The lowest BCUT2D eigenvalue weighted by molar-refractivity contribution is -0.0468. The van der Waals surface area contributed by atoms with E-state index in [1.165, 1.54) is 0 Å². The van der Waals surface area contributed by atoms with E-state index in [2.05, 4.69) is 124 Å². The standard InChI is InChI=1S/C32H62N4O4Si3/c1-17-18-22-19-23-25(28(33)35-22)34-21-36(23)29-27(40-43(15,16)32(8,9)10)26(39-42(13,14)31(5,6)7)24(38-29)20-37-41(11,12)30(2,3)4/h19,21,24,26-27,29H,17-18,20H2,1-16H3,(H2,33,35)/t24-,26-,27-,29-/m1/s1. The van der Waals surface area contributed by atoms with Crippen LogP contribution in [0.4, 0.5) is 5.82 Å². The Morgan fingerprint density at radius 3 is 1.84 bits per heavy atom. The van der Waals surface area contributed by atoms with Crippen molar-refractivity contribution < 1.29 is 18.0 Å². The van der Waals surface area contributed by atoms with Gasteiger partial charge in [0.15, 0.2) is 37.0 Å². The van der Waals surface area contributed by atoms with Crippen molar-refractivity contribution >= 4 is 41.8 Å². The van der Waals surface area contributed by atoms with Gasteiger partial charge in [-0.05, 0) is 66.9 Å². The van der Waals surface area contributed by atoms with Crippen molar-refractivity contribution in [2.75, 3.05) is 12.3 Å². The zero-order valence-electron chi connectivity index (χ0n) is 30.1. The number of hydrogen-bond donors (Lipinski definition) is 1. The summed E-state index contributed by atoms with van der Waals surface area (Å²) in [5.74, 6) is 0.450. The first-order valence-corrected chi connectivity index (χ1v) is 24.8. The summed E-state index contributed by atoms with van der Waals surface area (Å²) in [6.07, 6.45) is 2.29. The van der Waals surface area contributed by atoms with Crippen LogP contribution in [-0.4, -0.2) is 64.4 Å². The fourth-order valence-electron chi connectivity index (χ4n) is 4.57. The molecule has 1 fully saturated rings. The number of rotatable bonds is 10. The fraction of sp³-hybridized carbons (Fsp3) is 0.812. The highest BCUT2D eigenvalue weighted by molar-refractivity contribution is 6.75. The Balaban J connectivity index is 2.20. The van der Waals surface area contributed by atoms with Gasteiger partial charge < -0.3 is 28.3 Å². The highest BCUT2D eigenvalue weighted by Gasteiger charge is 2.55. The zero-order valence-corrected chi connectivity index (χ0v) is 33.1. The van der Waals surface area contributed by atoms with E-state index in [0.717, 1.165) is 24.1 Å². The molecule has 3 heterocycles. The molecule has 1 saturated heterocycles. The molecular weight excluding hydrogens is 589 g/mol. The lowest BCUT2D eigenvalue weighted by atomic mass is 10.1. The molecule has 43 heavy (non-hydrogen) atoms. The maximum atomic E-state index is 7.33. The molecule has 0 aromatic carbocycles. The molecule has 0 amide bonds. The molecular formula is C32H62N4O4Si3. The number of aromatic nitrogens is 3. The van der Waals surface area contributed by atoms with Crippen molar-refractivity contribution in [1.82, 2.24) is 14.5 Å². The minimum atomic E-state index is -2.26. The minimum Gasteiger partial charge on any atom is -0.414 e. The predicted octanol–water partition coefficient (Wildman–Crippen LogP) is 8.67. The monoisotopic (exact) mass is 650 g/mol. The van der Waals surface area contributed by atoms with Gasteiger partial charge in [0.2, 0.25) is 0 Å². The number of hydrogen-bond acceptors (Lipinski definition) is 7. The third-order valence-corrected chi connectivity index (χ3v) is 24.0. The molecule has 246 valence electrons. The van der Waals surface area contributed by atoms with E-state index in [9.17, 15) is 0 Å². The SMILES string of the molecule is CCCc1cc2c(ncn2[C@@H]2O[C@H](CO[Si](C)(C)C(C)(C)C)[C@@H](O[Si](C)(C)C(C)(C)C)[C@H]2O[Si](C)(C)C(C)(C)C)c(N)n1. The Morgan fingerprint density at radius 2 is 1.35 bits per heavy atom. The van der Waals surface area contributed by atoms with E-state index in [1.807, 2.05) is 6.33 Å². The van der Waals surface area contributed by atoms with Crippen LogP contribution in [0, 0.1) is 0 Å². The molecule has 11 heteroatoms. The molecule has 3 rings (SSSR count). The van der Waals surface area contributed by atoms with Crippen LogP contribution in [0.2, 0.25) is 54.4 Å². The minimum absolute atomic E-state index is 0.00838. The number of nitrogens with two attached hydrogens (primary N) is 1. The number of nitrogens with zero attached hydrogens (tertiary/aromatic N) is 3. The van der Waals surface area contributed by atoms with Crippen LogP contribution in [-0.2, 0) is 24.4 Å². The van der Waals surface area contributed by atoms with Gasteiger partial charge in [0.05, 0.1) is 18.5 Å². The largest absolute Gasteiger partial charge is 0.414 e. The number of aryl methyl sites for hydroxylation is 1. The molecule has 0 unspecified atom stereocenters. The molecule has 0 radical (unpaired) electrons. The quantitative estimate of drug-likeness (QED) is 0.257. The summed E-state index contributed by atoms with van der Waals surface area (Å²) in [6, 6.07) is 2.11. The summed E-state index contributed by atoms with van der Waals surface area (Å²) >= 11 is 0. The molecule has 0 spiro atoms. The van der Waals surface area contributed by atoms with Crippen LogP contribution in [0.1, 0.15) is 87.6 Å². The van der Waals surface area contributed by atoms with Gasteiger partial charge in [-0.25, -0.2) is 9.97 Å². The third-order valence-electron chi connectivity index (χ3n) is 10.6. The van der Waals surface area contributed by atoms with E-state index in [1.54, 1.807) is 0 Å². The van der Waals surface area contributed by atoms with Crippen LogP contribution >= 0.6 is 0 Å². The normalized spacial score (nSPS) is 23.0. The maximum absolute atomic E-state index is 7.33. The topological polar surface area (TPSA) is 93.7 Å². The first-order valence-electron chi connectivity index (χ1n) is 16.1. The van der Waals surface area contributed by atoms with E-state index in [-0.39, 0.29) is 33.4 Å². The average molecular weight is 651 g/mol. The van der Waals surface area contributed by atoms with Crippen LogP contribution in [0.5, 0.6) is 0 Å². The van der Waals surface area contributed by atoms with E-state index >= 15 is 0 Å². The first kappa shape index (κ1) is 36.4. The zero-order chi connectivity index (χ0) is 33.0. The van der Waals surface area contributed by atoms with Gasteiger partial charge >= 0.3 is 0 Å². The first-order chi connectivity index (χ1) is 19.3. The van der Waals surface area contributed by atoms with Gasteiger partial charge in [-0.2, -0.15) is 0 Å². The van der Waals surface area contributed by atoms with Crippen molar-refractivity contribution in [3.8, 4) is 0 Å². The van der Waals surface area contributed by atoms with Gasteiger partial charge in [-0.15, -0.1) is 0 Å². The van der Waals surface area contributed by atoms with Crippen LogP contribution in [0.15, 0.2) is 12.4 Å². The number of fused-ring (bicyclic) bond motifs is 1. The molecule has 1 aliphatic heterocycles. The second-order valence-corrected chi connectivity index (χ2v) is 31.4. The van der Waals surface area contributed by atoms with Crippen LogP contribution in [0.3, 0.4) is 0 Å². The van der Waals surface area contributed by atoms with Gasteiger partial charge in [-0.1, -0.05) is 75.7 Å². The molecule has 0 saturated carbocycles. The highest BCUT2D eigenvalue weighted by atomic mass is 28.4. The Morgan fingerprint density at radius 1 is 0.837 bits per heavy atom. The molecule has 0 aliphatic carbocycles. The predicted molar refractivity (Wildman–Crippen MR) is 187 cm³/mol. The van der Waals surface area contributed by atoms with Crippen molar-refractivity contribution in [2.24, 2.45) is 0 Å². The maximum Gasteiger partial charge on any atom is 0.192 e. The molecule has 1 aliphatic rings. The number of anilines is 1. The Bertz CT molecular complexity index is 1260. The van der Waals surface area contributed by atoms with E-state index < -0.39 is 31.2 Å². The van der Waals surface area contributed by atoms with Crippen molar-refractivity contribution in [3.05, 3.63) is 18.1 Å². The Labute approximate surface area is 265 Å². The summed E-state index contributed by atoms with van der Waals surface area (Å²) in [5, 5.41) is 0.112. The van der Waals surface area contributed by atoms with Crippen molar-refractivity contribution in [3.63, 3.8) is 0 Å². The van der Waals surface area contributed by atoms with Crippen LogP contribution in [0.25, 0.3) is 11.0 Å². The molecule has 4 atom stereocenters. The summed E-state index contributed by atoms with van der Waals surface area (Å²) in [5.41, 5.74) is 9.00. The summed E-state index contributed by atoms with van der Waals surface area (Å²) in [7, 11) is -6.53. The summed E-state index contributed by atoms with van der Waals surface area (Å²) in [6.45, 7) is 36.9. The van der Waals surface area contributed by atoms with Crippen molar-refractivity contribution in [1.29, 1.82) is 0 Å². The second kappa shape index (κ2) is 12.3. The molecule has 2 N–H and O–H groups in total. The number of imidazole rings is 1. The Hall–Kier alpha value is -1.09. The number of pyridine rings is 1. The molecule has 0 bridgehead atoms. The molecule has 8 nitrogen and oxygen atoms in total. The average Bonchev–Trinajstić information content (AvgIpc) is 3.37. The van der Waals surface area contributed by atoms with Gasteiger partial charge in [0, 0.05) is 5.69 Å². The van der Waals surface area contributed by atoms with Crippen LogP contribution < -0.4 is 5.73 Å². The van der Waals surface area contributed by atoms with E-state index in [4.69, 9.17) is 28.7 Å². The third kappa shape index (κ3) is 7.66. The van der Waals surface area contributed by atoms with Crippen molar-refractivity contribution in [2.45, 2.75) is 161 Å². The lowest BCUT2D eigenvalue weighted by Crippen LogP contribution is -2.54. The number of ether oxygens (including phenoxy) is 1. The smallest absolute Gasteiger partial charge is 0.192 e. The lowest BCUT2D eigenvalue weighted by Gasteiger charge is -2.44. The fourth-order valence-corrected chi connectivity index (χ4v) is 8.19.